The summed E-state index contributed by atoms with van der Waals surface area (Å²) in [6, 6.07) is 11.8. The van der Waals surface area contributed by atoms with E-state index in [2.05, 4.69) is 21.5 Å². The van der Waals surface area contributed by atoms with Crippen molar-refractivity contribution in [1.29, 1.82) is 5.26 Å². The lowest BCUT2D eigenvalue weighted by Crippen LogP contribution is -1.86. The van der Waals surface area contributed by atoms with E-state index in [1.807, 2.05) is 30.3 Å². The highest BCUT2D eigenvalue weighted by Crippen LogP contribution is 2.18. The van der Waals surface area contributed by atoms with E-state index in [0.29, 0.717) is 5.69 Å². The van der Waals surface area contributed by atoms with Crippen molar-refractivity contribution in [3.05, 3.63) is 36.0 Å². The lowest BCUT2D eigenvalue weighted by Gasteiger charge is -1.96. The predicted molar refractivity (Wildman–Crippen MR) is 51.1 cm³/mol. The van der Waals surface area contributed by atoms with Gasteiger partial charge >= 0.3 is 0 Å². The van der Waals surface area contributed by atoms with Crippen LogP contribution in [0.2, 0.25) is 0 Å². The van der Waals surface area contributed by atoms with Gasteiger partial charge in [-0.2, -0.15) is 5.26 Å². The molecule has 0 bridgehead atoms. The quantitative estimate of drug-likeness (QED) is 0.769. The Morgan fingerprint density at radius 2 is 2.07 bits per heavy atom. The number of aromatic nitrogens is 3. The Labute approximate surface area is 81.2 Å². The molecule has 0 amide bonds. The Morgan fingerprint density at radius 1 is 1.29 bits per heavy atom. The van der Waals surface area contributed by atoms with Crippen molar-refractivity contribution >= 4 is 0 Å². The summed E-state index contributed by atoms with van der Waals surface area (Å²) in [5.74, 6) is 0. The molecule has 14 heavy (non-hydrogen) atoms. The topological polar surface area (TPSA) is 65.4 Å². The lowest BCUT2D eigenvalue weighted by molar-refractivity contribution is 0.921. The van der Waals surface area contributed by atoms with Crippen LogP contribution >= 0.6 is 0 Å². The maximum absolute atomic E-state index is 8.58. The Kier molecular flexibility index (Phi) is 2.24. The van der Waals surface area contributed by atoms with Gasteiger partial charge in [0, 0.05) is 5.56 Å². The molecule has 1 aromatic heterocycles. The summed E-state index contributed by atoms with van der Waals surface area (Å²) < 4.78 is 0. The number of aromatic amines is 1. The van der Waals surface area contributed by atoms with Gasteiger partial charge in [0.05, 0.1) is 18.2 Å². The molecule has 0 atom stereocenters. The summed E-state index contributed by atoms with van der Waals surface area (Å²) in [7, 11) is 0. The van der Waals surface area contributed by atoms with Crippen molar-refractivity contribution < 1.29 is 0 Å². The zero-order valence-corrected chi connectivity index (χ0v) is 7.44. The zero-order valence-electron chi connectivity index (χ0n) is 7.44. The van der Waals surface area contributed by atoms with Crippen molar-refractivity contribution in [2.45, 2.75) is 6.42 Å². The first-order chi connectivity index (χ1) is 6.92. The first-order valence-electron chi connectivity index (χ1n) is 4.24. The monoisotopic (exact) mass is 184 g/mol. The minimum atomic E-state index is 0.278. The molecule has 0 fully saturated rings. The van der Waals surface area contributed by atoms with Gasteiger partial charge in [0.15, 0.2) is 0 Å². The van der Waals surface area contributed by atoms with Gasteiger partial charge in [-0.15, -0.1) is 5.10 Å². The lowest BCUT2D eigenvalue weighted by atomic mass is 10.1. The highest BCUT2D eigenvalue weighted by molar-refractivity contribution is 5.61. The fraction of sp³-hybridized carbons (Fsp3) is 0.100. The van der Waals surface area contributed by atoms with Gasteiger partial charge in [-0.3, -0.25) is 5.10 Å². The van der Waals surface area contributed by atoms with Crippen LogP contribution in [0.15, 0.2) is 30.3 Å². The van der Waals surface area contributed by atoms with Gasteiger partial charge in [0.1, 0.15) is 5.69 Å². The third-order valence-corrected chi connectivity index (χ3v) is 1.93. The van der Waals surface area contributed by atoms with Crippen LogP contribution < -0.4 is 0 Å². The molecule has 1 aromatic carbocycles. The molecule has 0 aliphatic carbocycles. The maximum atomic E-state index is 8.58. The second-order valence-corrected chi connectivity index (χ2v) is 2.83. The molecule has 0 aliphatic rings. The summed E-state index contributed by atoms with van der Waals surface area (Å²) in [6.45, 7) is 0. The van der Waals surface area contributed by atoms with E-state index in [0.717, 1.165) is 11.3 Å². The number of H-pyrrole nitrogens is 1. The number of nitrogens with zero attached hydrogens (tertiary/aromatic N) is 3. The minimum absolute atomic E-state index is 0.278. The van der Waals surface area contributed by atoms with Crippen molar-refractivity contribution in [3.63, 3.8) is 0 Å². The van der Waals surface area contributed by atoms with Crippen molar-refractivity contribution in [1.82, 2.24) is 15.4 Å². The second-order valence-electron chi connectivity index (χ2n) is 2.83. The molecule has 0 spiro atoms. The highest BCUT2D eigenvalue weighted by atomic mass is 15.3. The van der Waals surface area contributed by atoms with Crippen LogP contribution in [0.3, 0.4) is 0 Å². The van der Waals surface area contributed by atoms with E-state index < -0.39 is 0 Å². The summed E-state index contributed by atoms with van der Waals surface area (Å²) in [4.78, 5) is 0. The predicted octanol–water partition coefficient (Wildman–Crippen LogP) is 1.54. The summed E-state index contributed by atoms with van der Waals surface area (Å²) in [5, 5.41) is 18.9. The first kappa shape index (κ1) is 8.45. The van der Waals surface area contributed by atoms with Crippen LogP contribution in [0, 0.1) is 11.3 Å². The molecular formula is C10H8N4. The number of benzene rings is 1. The molecule has 68 valence electrons. The molecule has 2 rings (SSSR count). The van der Waals surface area contributed by atoms with Gasteiger partial charge < -0.3 is 0 Å². The van der Waals surface area contributed by atoms with Crippen LogP contribution in [0.1, 0.15) is 5.69 Å². The first-order valence-corrected chi connectivity index (χ1v) is 4.24. The molecule has 1 heterocycles. The zero-order chi connectivity index (χ0) is 9.80. The molecule has 4 heteroatoms. The van der Waals surface area contributed by atoms with E-state index in [9.17, 15) is 0 Å². The summed E-state index contributed by atoms with van der Waals surface area (Å²) >= 11 is 0. The number of hydrogen-bond acceptors (Lipinski definition) is 3. The molecule has 2 aromatic rings. The average molecular weight is 184 g/mol. The largest absolute Gasteiger partial charge is 0.257 e. The van der Waals surface area contributed by atoms with Gasteiger partial charge in [0.2, 0.25) is 0 Å². The van der Waals surface area contributed by atoms with Gasteiger partial charge in [-0.25, -0.2) is 0 Å². The Hall–Kier alpha value is -2.15. The van der Waals surface area contributed by atoms with E-state index in [-0.39, 0.29) is 6.42 Å². The van der Waals surface area contributed by atoms with E-state index >= 15 is 0 Å². The van der Waals surface area contributed by atoms with Crippen LogP contribution in [-0.2, 0) is 6.42 Å². The summed E-state index contributed by atoms with van der Waals surface area (Å²) in [5.41, 5.74) is 2.52. The number of hydrogen-bond donors (Lipinski definition) is 1. The SMILES string of the molecule is N#CCc1nn[nH]c1-c1ccccc1. The molecule has 1 N–H and O–H groups in total. The molecule has 0 saturated carbocycles. The highest BCUT2D eigenvalue weighted by Gasteiger charge is 2.07. The maximum Gasteiger partial charge on any atom is 0.104 e. The number of rotatable bonds is 2. The smallest absolute Gasteiger partial charge is 0.104 e. The fourth-order valence-corrected chi connectivity index (χ4v) is 1.28. The molecular weight excluding hydrogens is 176 g/mol. The van der Waals surface area contributed by atoms with Crippen LogP contribution in [0.5, 0.6) is 0 Å². The van der Waals surface area contributed by atoms with Gasteiger partial charge in [-0.05, 0) is 0 Å². The molecule has 0 radical (unpaired) electrons. The molecule has 0 saturated heterocycles. The Balaban J connectivity index is 2.43. The standard InChI is InChI=1S/C10H8N4/c11-7-6-9-10(13-14-12-9)8-4-2-1-3-5-8/h1-5H,6H2,(H,12,13,14). The van der Waals surface area contributed by atoms with Crippen LogP contribution in [0.4, 0.5) is 0 Å². The second kappa shape index (κ2) is 3.71. The van der Waals surface area contributed by atoms with E-state index in [1.165, 1.54) is 0 Å². The van der Waals surface area contributed by atoms with E-state index in [4.69, 9.17) is 5.26 Å². The van der Waals surface area contributed by atoms with E-state index in [1.54, 1.807) is 0 Å². The number of nitriles is 1. The molecule has 0 unspecified atom stereocenters. The minimum Gasteiger partial charge on any atom is -0.257 e. The van der Waals surface area contributed by atoms with Crippen molar-refractivity contribution in [2.24, 2.45) is 0 Å². The van der Waals surface area contributed by atoms with Gasteiger partial charge in [-0.1, -0.05) is 35.5 Å². The number of nitrogens with one attached hydrogen (secondary N) is 1. The van der Waals surface area contributed by atoms with Gasteiger partial charge in [0.25, 0.3) is 0 Å². The molecule has 4 nitrogen and oxygen atoms in total. The fourth-order valence-electron chi connectivity index (χ4n) is 1.28. The van der Waals surface area contributed by atoms with Crippen LogP contribution in [-0.4, -0.2) is 15.4 Å². The van der Waals surface area contributed by atoms with Crippen LogP contribution in [0.25, 0.3) is 11.3 Å². The average Bonchev–Trinajstić information content (AvgIpc) is 2.68. The van der Waals surface area contributed by atoms with Crippen molar-refractivity contribution in [3.8, 4) is 17.3 Å². The Bertz CT molecular complexity index is 452. The normalized spacial score (nSPS) is 9.64. The third kappa shape index (κ3) is 1.48. The molecule has 0 aliphatic heterocycles. The summed E-state index contributed by atoms with van der Waals surface area (Å²) in [6.07, 6.45) is 0.278. The Morgan fingerprint density at radius 3 is 2.79 bits per heavy atom. The third-order valence-electron chi connectivity index (χ3n) is 1.93. The van der Waals surface area contributed by atoms with Crippen molar-refractivity contribution in [2.75, 3.05) is 0 Å².